The largest absolute Gasteiger partial charge is 0.324 e. The van der Waals surface area contributed by atoms with Gasteiger partial charge in [0.2, 0.25) is 5.91 Å². The van der Waals surface area contributed by atoms with Gasteiger partial charge in [0.05, 0.1) is 23.3 Å². The molecule has 2 aromatic rings. The quantitative estimate of drug-likeness (QED) is 0.683. The van der Waals surface area contributed by atoms with Crippen molar-refractivity contribution in [2.45, 2.75) is 37.5 Å². The first-order valence-electron chi connectivity index (χ1n) is 11.2. The van der Waals surface area contributed by atoms with E-state index in [1.807, 2.05) is 35.2 Å². The second kappa shape index (κ2) is 10.3. The number of hydrogen-bond donors (Lipinski definition) is 2. The summed E-state index contributed by atoms with van der Waals surface area (Å²) in [6.07, 6.45) is 4.20. The molecule has 7 nitrogen and oxygen atoms in total. The van der Waals surface area contributed by atoms with Crippen LogP contribution in [0.1, 0.15) is 30.4 Å². The number of rotatable bonds is 6. The van der Waals surface area contributed by atoms with Gasteiger partial charge in [0.1, 0.15) is 0 Å². The molecule has 0 saturated carbocycles. The third-order valence-corrected chi connectivity index (χ3v) is 7.08. The van der Waals surface area contributed by atoms with Crippen LogP contribution in [0.25, 0.3) is 0 Å². The smallest absolute Gasteiger partial charge is 0.321 e. The number of piperidine rings is 1. The molecule has 172 valence electrons. The lowest BCUT2D eigenvalue weighted by Crippen LogP contribution is -2.59. The Hall–Kier alpha value is -3.02. The maximum absolute atomic E-state index is 13.3. The van der Waals surface area contributed by atoms with Crippen LogP contribution in [-0.4, -0.2) is 58.5 Å². The van der Waals surface area contributed by atoms with Crippen LogP contribution < -0.4 is 10.6 Å². The molecule has 2 fully saturated rings. The van der Waals surface area contributed by atoms with Gasteiger partial charge >= 0.3 is 6.03 Å². The minimum Gasteiger partial charge on any atom is -0.324 e. The highest BCUT2D eigenvalue weighted by atomic mass is 32.2. The van der Waals surface area contributed by atoms with E-state index < -0.39 is 5.66 Å². The molecule has 2 heterocycles. The predicted octanol–water partition coefficient (Wildman–Crippen LogP) is 3.64. The molecule has 4 rings (SSSR count). The molecule has 1 atom stereocenters. The van der Waals surface area contributed by atoms with Crippen molar-refractivity contribution in [2.75, 3.05) is 30.4 Å². The first kappa shape index (κ1) is 23.1. The first-order valence-corrected chi connectivity index (χ1v) is 12.6. The topological polar surface area (TPSA) is 88.5 Å². The molecule has 0 bridgehead atoms. The Morgan fingerprint density at radius 2 is 1.97 bits per heavy atom. The van der Waals surface area contributed by atoms with Crippen molar-refractivity contribution in [1.82, 2.24) is 15.1 Å². The average molecular weight is 464 g/mol. The number of carbonyl (C=O) groups is 2. The van der Waals surface area contributed by atoms with Crippen molar-refractivity contribution < 1.29 is 9.59 Å². The van der Waals surface area contributed by atoms with Gasteiger partial charge in [-0.1, -0.05) is 36.4 Å². The number of benzene rings is 2. The lowest BCUT2D eigenvalue weighted by atomic mass is 9.95. The predicted molar refractivity (Wildman–Crippen MR) is 131 cm³/mol. The van der Waals surface area contributed by atoms with Crippen molar-refractivity contribution in [2.24, 2.45) is 0 Å². The Kier molecular flexibility index (Phi) is 7.21. The second-order valence-electron chi connectivity index (χ2n) is 8.53. The fraction of sp³-hybridized carbons (Fsp3) is 0.400. The van der Waals surface area contributed by atoms with Crippen molar-refractivity contribution in [1.29, 1.82) is 5.26 Å². The Bertz CT molecular complexity index is 1030. The number of nitrogens with zero attached hydrogens (tertiary/aromatic N) is 3. The Balaban J connectivity index is 1.45. The lowest BCUT2D eigenvalue weighted by molar-refractivity contribution is -0.134. The number of likely N-dealkylation sites (tertiary alicyclic amines) is 1. The summed E-state index contributed by atoms with van der Waals surface area (Å²) in [5.74, 6) is 1.08. The molecular formula is C25H29N5O2S. The SMILES string of the molecule is CSCCC1NC2(CCN(C(=O)Nc3cccc(C#N)c3)CC2)N(Cc2ccccc2)C1=O. The number of nitrogens with one attached hydrogen (secondary N) is 2. The van der Waals surface area contributed by atoms with Crippen LogP contribution in [0, 0.1) is 11.3 Å². The van der Waals surface area contributed by atoms with E-state index in [0.29, 0.717) is 43.7 Å². The summed E-state index contributed by atoms with van der Waals surface area (Å²) in [5, 5.41) is 15.6. The number of nitriles is 1. The van der Waals surface area contributed by atoms with Crippen LogP contribution >= 0.6 is 11.8 Å². The van der Waals surface area contributed by atoms with Crippen LogP contribution in [0.4, 0.5) is 10.5 Å². The lowest BCUT2D eigenvalue weighted by Gasteiger charge is -2.44. The Morgan fingerprint density at radius 3 is 2.67 bits per heavy atom. The minimum atomic E-state index is -0.437. The van der Waals surface area contributed by atoms with Gasteiger partial charge < -0.3 is 15.1 Å². The third-order valence-electron chi connectivity index (χ3n) is 6.44. The van der Waals surface area contributed by atoms with E-state index >= 15 is 0 Å². The highest BCUT2D eigenvalue weighted by molar-refractivity contribution is 7.98. The van der Waals surface area contributed by atoms with Crippen molar-refractivity contribution >= 4 is 29.4 Å². The monoisotopic (exact) mass is 463 g/mol. The maximum atomic E-state index is 13.3. The molecule has 2 aromatic carbocycles. The molecule has 0 aromatic heterocycles. The molecular weight excluding hydrogens is 434 g/mol. The zero-order valence-corrected chi connectivity index (χ0v) is 19.6. The summed E-state index contributed by atoms with van der Waals surface area (Å²) in [6, 6.07) is 18.7. The summed E-state index contributed by atoms with van der Waals surface area (Å²) in [6.45, 7) is 1.66. The van der Waals surface area contributed by atoms with Crippen LogP contribution in [0.2, 0.25) is 0 Å². The minimum absolute atomic E-state index is 0.152. The van der Waals surface area contributed by atoms with Gasteiger partial charge in [0.15, 0.2) is 0 Å². The normalized spacial score (nSPS) is 19.5. The van der Waals surface area contributed by atoms with E-state index in [0.717, 1.165) is 17.7 Å². The number of thioether (sulfide) groups is 1. The first-order chi connectivity index (χ1) is 16.0. The highest BCUT2D eigenvalue weighted by Gasteiger charge is 2.51. The Labute approximate surface area is 199 Å². The fourth-order valence-electron chi connectivity index (χ4n) is 4.65. The zero-order chi connectivity index (χ0) is 23.3. The Morgan fingerprint density at radius 1 is 1.21 bits per heavy atom. The number of anilines is 1. The van der Waals surface area contributed by atoms with Gasteiger partial charge in [-0.2, -0.15) is 17.0 Å². The molecule has 2 N–H and O–H groups in total. The molecule has 3 amide bonds. The molecule has 8 heteroatoms. The van der Waals surface area contributed by atoms with E-state index in [1.54, 1.807) is 40.9 Å². The van der Waals surface area contributed by atoms with E-state index in [4.69, 9.17) is 5.26 Å². The van der Waals surface area contributed by atoms with Gasteiger partial charge in [-0.05, 0) is 42.2 Å². The standard InChI is InChI=1S/C25H29N5O2S/c1-33-15-10-22-23(31)30(18-19-6-3-2-4-7-19)25(28-22)11-13-29(14-12-25)24(32)27-21-9-5-8-20(16-21)17-26/h2-9,16,22,28H,10-15,18H2,1H3,(H,27,32). The van der Waals surface area contributed by atoms with Crippen LogP contribution in [0.3, 0.4) is 0 Å². The molecule has 1 unspecified atom stereocenters. The third kappa shape index (κ3) is 5.15. The summed E-state index contributed by atoms with van der Waals surface area (Å²) >= 11 is 1.75. The second-order valence-corrected chi connectivity index (χ2v) is 9.52. The summed E-state index contributed by atoms with van der Waals surface area (Å²) in [7, 11) is 0. The fourth-order valence-corrected chi connectivity index (χ4v) is 5.12. The molecule has 2 aliphatic heterocycles. The molecule has 0 aliphatic carbocycles. The molecule has 1 spiro atoms. The summed E-state index contributed by atoms with van der Waals surface area (Å²) < 4.78 is 0. The van der Waals surface area contributed by atoms with Gasteiger partial charge in [0, 0.05) is 38.2 Å². The molecule has 33 heavy (non-hydrogen) atoms. The van der Waals surface area contributed by atoms with Gasteiger partial charge in [-0.15, -0.1) is 0 Å². The van der Waals surface area contributed by atoms with Crippen LogP contribution in [0.5, 0.6) is 0 Å². The van der Waals surface area contributed by atoms with Crippen molar-refractivity contribution in [3.63, 3.8) is 0 Å². The highest BCUT2D eigenvalue weighted by Crippen LogP contribution is 2.35. The van der Waals surface area contributed by atoms with Crippen LogP contribution in [0.15, 0.2) is 54.6 Å². The molecule has 0 radical (unpaired) electrons. The molecule has 2 saturated heterocycles. The van der Waals surface area contributed by atoms with Crippen molar-refractivity contribution in [3.8, 4) is 6.07 Å². The van der Waals surface area contributed by atoms with E-state index in [-0.39, 0.29) is 18.0 Å². The van der Waals surface area contributed by atoms with Gasteiger partial charge in [0.25, 0.3) is 0 Å². The number of amides is 3. The summed E-state index contributed by atoms with van der Waals surface area (Å²) in [5.41, 5.74) is 1.78. The van der Waals surface area contributed by atoms with E-state index in [1.165, 1.54) is 0 Å². The maximum Gasteiger partial charge on any atom is 0.321 e. The molecule has 2 aliphatic rings. The number of carbonyl (C=O) groups excluding carboxylic acids is 2. The van der Waals surface area contributed by atoms with E-state index in [9.17, 15) is 9.59 Å². The van der Waals surface area contributed by atoms with Gasteiger partial charge in [-0.3, -0.25) is 10.1 Å². The zero-order valence-electron chi connectivity index (χ0n) is 18.8. The van der Waals surface area contributed by atoms with Gasteiger partial charge in [-0.25, -0.2) is 4.79 Å². The van der Waals surface area contributed by atoms with E-state index in [2.05, 4.69) is 23.0 Å². The van der Waals surface area contributed by atoms with Crippen LogP contribution in [-0.2, 0) is 11.3 Å². The number of hydrogen-bond acceptors (Lipinski definition) is 5. The van der Waals surface area contributed by atoms with Crippen molar-refractivity contribution in [3.05, 3.63) is 65.7 Å². The average Bonchev–Trinajstić information content (AvgIpc) is 3.09. The summed E-state index contributed by atoms with van der Waals surface area (Å²) in [4.78, 5) is 30.0. The number of urea groups is 1.